The maximum Gasteiger partial charge on any atom is 0.459 e. The second kappa shape index (κ2) is 12.7. The van der Waals surface area contributed by atoms with E-state index in [1.165, 1.54) is 19.9 Å². The van der Waals surface area contributed by atoms with Gasteiger partial charge in [0.1, 0.15) is 29.6 Å². The Morgan fingerprint density at radius 3 is 2.61 bits per heavy atom. The van der Waals surface area contributed by atoms with Crippen LogP contribution in [-0.4, -0.2) is 75.2 Å². The molecular formula is C28H34N5O10P. The molecule has 2 aromatic carbocycles. The van der Waals surface area contributed by atoms with E-state index in [0.29, 0.717) is 5.39 Å². The summed E-state index contributed by atoms with van der Waals surface area (Å²) in [5.41, 5.74) is 6.26. The van der Waals surface area contributed by atoms with E-state index < -0.39 is 74.2 Å². The smallest absolute Gasteiger partial charge is 0.459 e. The SMILES string of the molecule is CC1=CN([C@@H]2O[C@@](COP(=O)(N[C@@H](C)C(=O)OC(C)(C)C)Oc3cccc4ccccc34)(N=[N+]=[N-])[C@@H](O)[C@H]2O)C(=O)CC1=O. The van der Waals surface area contributed by atoms with E-state index in [2.05, 4.69) is 15.1 Å². The maximum absolute atomic E-state index is 14.3. The number of rotatable bonds is 10. The number of aliphatic hydroxyl groups is 2. The summed E-state index contributed by atoms with van der Waals surface area (Å²) in [4.78, 5) is 41.0. The van der Waals surface area contributed by atoms with Crippen LogP contribution in [0.4, 0.5) is 0 Å². The van der Waals surface area contributed by atoms with Crippen LogP contribution in [-0.2, 0) is 32.9 Å². The molecule has 0 bridgehead atoms. The molecule has 2 aliphatic rings. The van der Waals surface area contributed by atoms with E-state index in [9.17, 15) is 34.7 Å². The third kappa shape index (κ3) is 7.11. The van der Waals surface area contributed by atoms with Crippen LogP contribution in [0.2, 0.25) is 0 Å². The number of benzene rings is 2. The molecule has 1 unspecified atom stereocenters. The van der Waals surface area contributed by atoms with Gasteiger partial charge in [0.2, 0.25) is 11.6 Å². The zero-order valence-corrected chi connectivity index (χ0v) is 25.6. The van der Waals surface area contributed by atoms with Gasteiger partial charge in [0, 0.05) is 22.1 Å². The van der Waals surface area contributed by atoms with Gasteiger partial charge in [0.15, 0.2) is 12.0 Å². The van der Waals surface area contributed by atoms with E-state index in [4.69, 9.17) is 18.5 Å². The molecule has 0 radical (unpaired) electrons. The molecule has 1 fully saturated rings. The average Bonchev–Trinajstić information content (AvgIpc) is 3.19. The van der Waals surface area contributed by atoms with Crippen molar-refractivity contribution in [2.45, 2.75) is 76.8 Å². The summed E-state index contributed by atoms with van der Waals surface area (Å²) in [6.07, 6.45) is -4.77. The summed E-state index contributed by atoms with van der Waals surface area (Å²) in [7, 11) is -4.61. The fourth-order valence-corrected chi connectivity index (χ4v) is 6.12. The number of nitrogens with one attached hydrogen (secondary N) is 1. The Balaban J connectivity index is 1.67. The summed E-state index contributed by atoms with van der Waals surface area (Å²) in [6.45, 7) is 6.84. The Kier molecular flexibility index (Phi) is 9.52. The molecule has 0 spiro atoms. The zero-order valence-electron chi connectivity index (χ0n) is 24.7. The minimum Gasteiger partial charge on any atom is -0.459 e. The lowest BCUT2D eigenvalue weighted by atomic mass is 10.0. The first-order valence-electron chi connectivity index (χ1n) is 13.6. The number of Topliss-reactive ketones (excluding diaryl/α,β-unsaturated/α-hetero) is 1. The normalized spacial score (nSPS) is 26.0. The first-order valence-corrected chi connectivity index (χ1v) is 15.2. The lowest BCUT2D eigenvalue weighted by Crippen LogP contribution is -2.47. The zero-order chi connectivity index (χ0) is 32.4. The van der Waals surface area contributed by atoms with Crippen LogP contribution < -0.4 is 9.61 Å². The van der Waals surface area contributed by atoms with Gasteiger partial charge >= 0.3 is 13.7 Å². The largest absolute Gasteiger partial charge is 0.459 e. The van der Waals surface area contributed by atoms with Crippen molar-refractivity contribution < 1.29 is 47.7 Å². The molecule has 2 aliphatic heterocycles. The number of esters is 1. The van der Waals surface area contributed by atoms with Gasteiger partial charge in [-0.05, 0) is 51.6 Å². The summed E-state index contributed by atoms with van der Waals surface area (Å²) < 4.78 is 37.0. The van der Waals surface area contributed by atoms with E-state index in [1.807, 2.05) is 0 Å². The molecule has 0 aliphatic carbocycles. The number of ether oxygens (including phenoxy) is 2. The number of fused-ring (bicyclic) bond motifs is 1. The van der Waals surface area contributed by atoms with E-state index in [-0.39, 0.29) is 11.3 Å². The van der Waals surface area contributed by atoms with Crippen LogP contribution in [0.25, 0.3) is 21.2 Å². The molecule has 2 aromatic rings. The predicted molar refractivity (Wildman–Crippen MR) is 156 cm³/mol. The van der Waals surface area contributed by atoms with Crippen molar-refractivity contribution in [2.75, 3.05) is 6.61 Å². The van der Waals surface area contributed by atoms with Gasteiger partial charge in [-0.25, -0.2) is 4.57 Å². The topological polar surface area (TPSA) is 210 Å². The number of carbonyl (C=O) groups excluding carboxylic acids is 3. The Morgan fingerprint density at radius 2 is 1.93 bits per heavy atom. The van der Waals surface area contributed by atoms with Gasteiger partial charge in [-0.1, -0.05) is 41.5 Å². The highest BCUT2D eigenvalue weighted by atomic mass is 31.2. The number of nitrogens with zero attached hydrogens (tertiary/aromatic N) is 4. The fourth-order valence-electron chi connectivity index (χ4n) is 4.59. The maximum atomic E-state index is 14.3. The Labute approximate surface area is 252 Å². The van der Waals surface area contributed by atoms with Crippen LogP contribution in [0.1, 0.15) is 41.0 Å². The molecule has 44 heavy (non-hydrogen) atoms. The monoisotopic (exact) mass is 631 g/mol. The Morgan fingerprint density at radius 1 is 1.25 bits per heavy atom. The highest BCUT2D eigenvalue weighted by molar-refractivity contribution is 7.52. The fraction of sp³-hybridized carbons (Fsp3) is 0.464. The van der Waals surface area contributed by atoms with E-state index >= 15 is 0 Å². The third-order valence-corrected chi connectivity index (χ3v) is 8.39. The highest BCUT2D eigenvalue weighted by Gasteiger charge is 2.58. The van der Waals surface area contributed by atoms with E-state index in [1.54, 1.807) is 57.2 Å². The molecule has 2 heterocycles. The summed E-state index contributed by atoms with van der Waals surface area (Å²) in [5, 5.41) is 29.2. The predicted octanol–water partition coefficient (Wildman–Crippen LogP) is 3.45. The van der Waals surface area contributed by atoms with Gasteiger partial charge in [-0.3, -0.25) is 23.8 Å². The third-order valence-electron chi connectivity index (χ3n) is 6.78. The number of hydrogen-bond donors (Lipinski definition) is 3. The number of hydrogen-bond acceptors (Lipinski definition) is 11. The number of carbonyl (C=O) groups is 3. The van der Waals surface area contributed by atoms with Crippen LogP contribution >= 0.6 is 7.75 Å². The Hall–Kier alpha value is -3.81. The first-order chi connectivity index (χ1) is 20.6. The van der Waals surface area contributed by atoms with Gasteiger partial charge < -0.3 is 24.2 Å². The standard InChI is InChI=1S/C28H34N5O10P/c1-16-14-33(22(35)13-20(16)34)25-23(36)24(37)28(41-25,31-32-29)15-40-44(39,30-17(2)26(38)42-27(3,4)5)43-21-12-8-10-18-9-6-7-11-19(18)21/h6-12,14,17,23-25,36-37H,13,15H2,1-5H3,(H,30,39)/t17-,23+,24-,25+,28+,44?/m0/s1. The van der Waals surface area contributed by atoms with Crippen molar-refractivity contribution in [3.05, 3.63) is 64.7 Å². The molecule has 236 valence electrons. The minimum atomic E-state index is -4.61. The second-order valence-corrected chi connectivity index (χ2v) is 13.1. The number of aliphatic hydroxyl groups excluding tert-OH is 2. The molecule has 0 saturated carbocycles. The molecule has 1 amide bonds. The van der Waals surface area contributed by atoms with Crippen molar-refractivity contribution in [1.82, 2.24) is 9.99 Å². The lowest BCUT2D eigenvalue weighted by Gasteiger charge is -2.32. The molecular weight excluding hydrogens is 597 g/mol. The number of ketones is 1. The van der Waals surface area contributed by atoms with Crippen LogP contribution in [0, 0.1) is 0 Å². The summed E-state index contributed by atoms with van der Waals surface area (Å²) >= 11 is 0. The Bertz CT molecular complexity index is 1580. The quantitative estimate of drug-likeness (QED) is 0.0863. The molecule has 1 saturated heterocycles. The molecule has 6 atom stereocenters. The second-order valence-electron chi connectivity index (χ2n) is 11.4. The minimum absolute atomic E-state index is 0.114. The first kappa shape index (κ1) is 33.1. The molecule has 15 nitrogen and oxygen atoms in total. The molecule has 3 N–H and O–H groups in total. The number of amides is 1. The number of azide groups is 1. The van der Waals surface area contributed by atoms with Crippen LogP contribution in [0.3, 0.4) is 0 Å². The van der Waals surface area contributed by atoms with Gasteiger partial charge in [-0.2, -0.15) is 5.09 Å². The van der Waals surface area contributed by atoms with Gasteiger partial charge in [-0.15, -0.1) is 0 Å². The highest BCUT2D eigenvalue weighted by Crippen LogP contribution is 2.49. The van der Waals surface area contributed by atoms with Crippen molar-refractivity contribution in [3.8, 4) is 5.75 Å². The van der Waals surface area contributed by atoms with Crippen molar-refractivity contribution in [1.29, 1.82) is 0 Å². The van der Waals surface area contributed by atoms with Crippen LogP contribution in [0.5, 0.6) is 5.75 Å². The van der Waals surface area contributed by atoms with Crippen molar-refractivity contribution >= 4 is 36.2 Å². The average molecular weight is 632 g/mol. The van der Waals surface area contributed by atoms with E-state index in [0.717, 1.165) is 16.5 Å². The molecule has 0 aromatic heterocycles. The van der Waals surface area contributed by atoms with Gasteiger partial charge in [0.25, 0.3) is 0 Å². The van der Waals surface area contributed by atoms with Gasteiger partial charge in [0.05, 0.1) is 13.0 Å². The molecule has 4 rings (SSSR count). The summed E-state index contributed by atoms with van der Waals surface area (Å²) in [5.74, 6) is -1.82. The summed E-state index contributed by atoms with van der Waals surface area (Å²) in [6, 6.07) is 10.8. The number of allylic oxidation sites excluding steroid dienone is 1. The lowest BCUT2D eigenvalue weighted by molar-refractivity contribution is -0.159. The van der Waals surface area contributed by atoms with Crippen molar-refractivity contribution in [3.63, 3.8) is 0 Å². The molecule has 16 heteroatoms. The van der Waals surface area contributed by atoms with Crippen molar-refractivity contribution in [2.24, 2.45) is 5.11 Å². The van der Waals surface area contributed by atoms with Crippen LogP contribution in [0.15, 0.2) is 59.4 Å².